The van der Waals surface area contributed by atoms with Gasteiger partial charge in [-0.1, -0.05) is 11.8 Å². The van der Waals surface area contributed by atoms with E-state index in [1.807, 2.05) is 0 Å². The van der Waals surface area contributed by atoms with Crippen LogP contribution < -0.4 is 5.32 Å². The van der Waals surface area contributed by atoms with Crippen molar-refractivity contribution in [2.45, 2.75) is 22.8 Å². The van der Waals surface area contributed by atoms with Gasteiger partial charge in [0.05, 0.1) is 4.92 Å². The Morgan fingerprint density at radius 3 is 2.64 bits per heavy atom. The standard InChI is InChI=1S/C14H12N4O3S/c19-14(9-1-2-9)17-12-7-13(16-8-15-12)22-11-5-3-10(4-6-11)18(20)21/h3-9H,1-2H2,(H,15,16,17,19). The molecule has 0 radical (unpaired) electrons. The largest absolute Gasteiger partial charge is 0.310 e. The fraction of sp³-hybridized carbons (Fsp3) is 0.214. The van der Waals surface area contributed by atoms with E-state index in [1.54, 1.807) is 18.2 Å². The highest BCUT2D eigenvalue weighted by Gasteiger charge is 2.29. The first kappa shape index (κ1) is 14.5. The maximum absolute atomic E-state index is 11.7. The second kappa shape index (κ2) is 6.10. The van der Waals surface area contributed by atoms with Crippen LogP contribution in [0.3, 0.4) is 0 Å². The maximum Gasteiger partial charge on any atom is 0.269 e. The van der Waals surface area contributed by atoms with Gasteiger partial charge in [-0.25, -0.2) is 9.97 Å². The number of non-ortho nitro benzene ring substituents is 1. The smallest absolute Gasteiger partial charge is 0.269 e. The molecule has 0 spiro atoms. The molecular formula is C14H12N4O3S. The highest BCUT2D eigenvalue weighted by atomic mass is 32.2. The SMILES string of the molecule is O=C(Nc1cc(Sc2ccc([N+](=O)[O-])cc2)ncn1)C1CC1. The summed E-state index contributed by atoms with van der Waals surface area (Å²) in [5.74, 6) is 0.571. The van der Waals surface area contributed by atoms with Crippen LogP contribution in [0.2, 0.25) is 0 Å². The number of hydrogen-bond acceptors (Lipinski definition) is 6. The van der Waals surface area contributed by atoms with E-state index in [-0.39, 0.29) is 17.5 Å². The summed E-state index contributed by atoms with van der Waals surface area (Å²) in [4.78, 5) is 30.9. The zero-order valence-corrected chi connectivity index (χ0v) is 12.2. The van der Waals surface area contributed by atoms with Gasteiger partial charge in [-0.3, -0.25) is 14.9 Å². The van der Waals surface area contributed by atoms with Crippen molar-refractivity contribution in [3.63, 3.8) is 0 Å². The van der Waals surface area contributed by atoms with Crippen LogP contribution in [0.5, 0.6) is 0 Å². The highest BCUT2D eigenvalue weighted by Crippen LogP contribution is 2.31. The minimum atomic E-state index is -0.440. The molecule has 1 saturated carbocycles. The van der Waals surface area contributed by atoms with Gasteiger partial charge in [0.25, 0.3) is 5.69 Å². The van der Waals surface area contributed by atoms with Crippen molar-refractivity contribution in [3.8, 4) is 0 Å². The average molecular weight is 316 g/mol. The second-order valence-electron chi connectivity index (χ2n) is 4.86. The number of nitro benzene ring substituents is 1. The number of carbonyl (C=O) groups is 1. The predicted octanol–water partition coefficient (Wildman–Crippen LogP) is 2.88. The summed E-state index contributed by atoms with van der Waals surface area (Å²) in [7, 11) is 0. The van der Waals surface area contributed by atoms with Crippen molar-refractivity contribution >= 4 is 29.2 Å². The zero-order chi connectivity index (χ0) is 15.5. The van der Waals surface area contributed by atoms with Crippen LogP contribution in [0.15, 0.2) is 46.6 Å². The summed E-state index contributed by atoms with van der Waals surface area (Å²) in [5.41, 5.74) is 0.0458. The molecule has 1 aliphatic rings. The Hall–Kier alpha value is -2.48. The molecule has 112 valence electrons. The molecule has 1 amide bonds. The van der Waals surface area contributed by atoms with Gasteiger partial charge in [-0.05, 0) is 25.0 Å². The van der Waals surface area contributed by atoms with Crippen molar-refractivity contribution in [1.29, 1.82) is 0 Å². The molecule has 1 aliphatic carbocycles. The number of nitrogens with one attached hydrogen (secondary N) is 1. The Morgan fingerprint density at radius 2 is 2.00 bits per heavy atom. The van der Waals surface area contributed by atoms with E-state index < -0.39 is 4.92 Å². The minimum absolute atomic E-state index is 0.00927. The number of aromatic nitrogens is 2. The van der Waals surface area contributed by atoms with Crippen molar-refractivity contribution in [3.05, 3.63) is 46.8 Å². The third kappa shape index (κ3) is 3.59. The number of nitrogens with zero attached hydrogens (tertiary/aromatic N) is 3. The summed E-state index contributed by atoms with van der Waals surface area (Å²) in [6, 6.07) is 7.89. The molecule has 1 aromatic carbocycles. The van der Waals surface area contributed by atoms with E-state index in [0.717, 1.165) is 17.7 Å². The number of carbonyl (C=O) groups excluding carboxylic acids is 1. The van der Waals surface area contributed by atoms with Crippen LogP contribution in [0.4, 0.5) is 11.5 Å². The van der Waals surface area contributed by atoms with Gasteiger partial charge < -0.3 is 5.32 Å². The van der Waals surface area contributed by atoms with Crippen LogP contribution in [0.25, 0.3) is 0 Å². The lowest BCUT2D eigenvalue weighted by atomic mass is 10.3. The Bertz CT molecular complexity index is 716. The Balaban J connectivity index is 1.69. The number of hydrogen-bond donors (Lipinski definition) is 1. The number of anilines is 1. The van der Waals surface area contributed by atoms with Crippen molar-refractivity contribution < 1.29 is 9.72 Å². The van der Waals surface area contributed by atoms with Crippen LogP contribution in [-0.4, -0.2) is 20.8 Å². The van der Waals surface area contributed by atoms with Gasteiger partial charge >= 0.3 is 0 Å². The predicted molar refractivity (Wildman–Crippen MR) is 80.6 cm³/mol. The quantitative estimate of drug-likeness (QED) is 0.517. The normalized spacial score (nSPS) is 13.6. The molecule has 8 heteroatoms. The molecule has 22 heavy (non-hydrogen) atoms. The molecule has 0 bridgehead atoms. The summed E-state index contributed by atoms with van der Waals surface area (Å²) in [5, 5.41) is 14.0. The fourth-order valence-corrected chi connectivity index (χ4v) is 2.58. The van der Waals surface area contributed by atoms with Gasteiger partial charge in [0.2, 0.25) is 5.91 Å². The van der Waals surface area contributed by atoms with Gasteiger partial charge in [-0.15, -0.1) is 0 Å². The minimum Gasteiger partial charge on any atom is -0.310 e. The van der Waals surface area contributed by atoms with E-state index in [0.29, 0.717) is 10.8 Å². The molecule has 1 N–H and O–H groups in total. The molecule has 1 heterocycles. The lowest BCUT2D eigenvalue weighted by Crippen LogP contribution is -2.14. The fourth-order valence-electron chi connectivity index (χ4n) is 1.79. The molecule has 3 rings (SSSR count). The number of rotatable bonds is 5. The highest BCUT2D eigenvalue weighted by molar-refractivity contribution is 7.99. The van der Waals surface area contributed by atoms with Crippen LogP contribution in [0.1, 0.15) is 12.8 Å². The second-order valence-corrected chi connectivity index (χ2v) is 5.95. The number of amides is 1. The Kier molecular flexibility index (Phi) is 4.01. The van der Waals surface area contributed by atoms with E-state index in [2.05, 4.69) is 15.3 Å². The van der Waals surface area contributed by atoms with Gasteiger partial charge in [-0.2, -0.15) is 0 Å². The van der Waals surface area contributed by atoms with Crippen molar-refractivity contribution in [1.82, 2.24) is 9.97 Å². The summed E-state index contributed by atoms with van der Waals surface area (Å²) in [6.45, 7) is 0. The molecular weight excluding hydrogens is 304 g/mol. The van der Waals surface area contributed by atoms with Gasteiger partial charge in [0.15, 0.2) is 0 Å². The van der Waals surface area contributed by atoms with Crippen LogP contribution in [-0.2, 0) is 4.79 Å². The number of nitro groups is 1. The zero-order valence-electron chi connectivity index (χ0n) is 11.4. The first-order chi connectivity index (χ1) is 10.6. The average Bonchev–Trinajstić information content (AvgIpc) is 3.33. The lowest BCUT2D eigenvalue weighted by molar-refractivity contribution is -0.384. The monoisotopic (exact) mass is 316 g/mol. The van der Waals surface area contributed by atoms with Crippen molar-refractivity contribution in [2.75, 3.05) is 5.32 Å². The number of benzene rings is 1. The van der Waals surface area contributed by atoms with E-state index in [1.165, 1.54) is 30.2 Å². The van der Waals surface area contributed by atoms with Gasteiger partial charge in [0.1, 0.15) is 17.2 Å². The molecule has 0 unspecified atom stereocenters. The maximum atomic E-state index is 11.7. The molecule has 1 fully saturated rings. The Labute approximate surface area is 130 Å². The third-order valence-corrected chi connectivity index (χ3v) is 4.05. The van der Waals surface area contributed by atoms with E-state index in [9.17, 15) is 14.9 Å². The topological polar surface area (TPSA) is 98.0 Å². The van der Waals surface area contributed by atoms with E-state index >= 15 is 0 Å². The van der Waals surface area contributed by atoms with Gasteiger partial charge in [0, 0.05) is 29.0 Å². The molecule has 0 aliphatic heterocycles. The molecule has 7 nitrogen and oxygen atoms in total. The first-order valence-electron chi connectivity index (χ1n) is 6.67. The third-order valence-electron chi connectivity index (χ3n) is 3.11. The summed E-state index contributed by atoms with van der Waals surface area (Å²) < 4.78 is 0. The molecule has 0 saturated heterocycles. The molecule has 0 atom stereocenters. The van der Waals surface area contributed by atoms with Crippen LogP contribution >= 0.6 is 11.8 Å². The molecule has 2 aromatic rings. The summed E-state index contributed by atoms with van der Waals surface area (Å²) in [6.07, 6.45) is 3.25. The van der Waals surface area contributed by atoms with Crippen LogP contribution in [0, 0.1) is 16.0 Å². The Morgan fingerprint density at radius 1 is 1.27 bits per heavy atom. The first-order valence-corrected chi connectivity index (χ1v) is 7.49. The molecule has 1 aromatic heterocycles. The lowest BCUT2D eigenvalue weighted by Gasteiger charge is -2.05. The van der Waals surface area contributed by atoms with Crippen molar-refractivity contribution in [2.24, 2.45) is 5.92 Å². The summed E-state index contributed by atoms with van der Waals surface area (Å²) >= 11 is 1.35. The van der Waals surface area contributed by atoms with E-state index in [4.69, 9.17) is 0 Å².